The van der Waals surface area contributed by atoms with Gasteiger partial charge in [-0.2, -0.15) is 4.31 Å². The summed E-state index contributed by atoms with van der Waals surface area (Å²) in [6, 6.07) is 16.5. The Hall–Kier alpha value is -4.03. The van der Waals surface area contributed by atoms with Gasteiger partial charge < -0.3 is 9.88 Å². The van der Waals surface area contributed by atoms with Gasteiger partial charge in [-0.15, -0.1) is 5.10 Å². The summed E-state index contributed by atoms with van der Waals surface area (Å²) in [5.74, 6) is -0.661. The van der Waals surface area contributed by atoms with E-state index in [9.17, 15) is 18.0 Å². The first-order valence-electron chi connectivity index (χ1n) is 16.9. The Morgan fingerprint density at radius 1 is 0.936 bits per heavy atom. The molecule has 2 aromatic heterocycles. The lowest BCUT2D eigenvalue weighted by atomic mass is 9.95. The van der Waals surface area contributed by atoms with E-state index in [0.29, 0.717) is 35.5 Å². The third-order valence-electron chi connectivity index (χ3n) is 8.97. The van der Waals surface area contributed by atoms with Crippen LogP contribution >= 0.6 is 0 Å². The number of aromatic nitrogens is 4. The number of carbonyl (C=O) groups is 2. The van der Waals surface area contributed by atoms with E-state index in [1.165, 1.54) is 9.58 Å². The number of hydrogen-bond acceptors (Lipinski definition) is 6. The summed E-state index contributed by atoms with van der Waals surface area (Å²) in [6.07, 6.45) is 10.2. The van der Waals surface area contributed by atoms with Crippen molar-refractivity contribution in [2.45, 2.75) is 95.2 Å². The van der Waals surface area contributed by atoms with Gasteiger partial charge in [-0.05, 0) is 74.2 Å². The highest BCUT2D eigenvalue weighted by molar-refractivity contribution is 7.89. The first-order chi connectivity index (χ1) is 22.7. The summed E-state index contributed by atoms with van der Waals surface area (Å²) in [5.41, 5.74) is 2.41. The maximum Gasteiger partial charge on any atom is 0.249 e. The van der Waals surface area contributed by atoms with Crippen molar-refractivity contribution in [1.82, 2.24) is 29.2 Å². The molecule has 252 valence electrons. The van der Waals surface area contributed by atoms with E-state index in [1.807, 2.05) is 68.1 Å². The van der Waals surface area contributed by atoms with Gasteiger partial charge in [-0.3, -0.25) is 14.5 Å². The molecule has 0 unspecified atom stereocenters. The number of benzene rings is 2. The molecule has 1 atom stereocenters. The van der Waals surface area contributed by atoms with Crippen LogP contribution in [0.1, 0.15) is 83.4 Å². The molecule has 1 saturated carbocycles. The van der Waals surface area contributed by atoms with Crippen molar-refractivity contribution in [3.05, 3.63) is 72.6 Å². The van der Waals surface area contributed by atoms with Gasteiger partial charge in [0.1, 0.15) is 12.1 Å². The molecule has 0 spiro atoms. The second-order valence-electron chi connectivity index (χ2n) is 12.4. The monoisotopic (exact) mass is 661 g/mol. The van der Waals surface area contributed by atoms with Crippen LogP contribution in [0.2, 0.25) is 0 Å². The number of fused-ring (bicyclic) bond motifs is 1. The smallest absolute Gasteiger partial charge is 0.249 e. The number of carbonyl (C=O) groups excluding carboxylic acids is 2. The first-order valence-corrected chi connectivity index (χ1v) is 18.3. The van der Waals surface area contributed by atoms with E-state index in [-0.39, 0.29) is 29.3 Å². The number of sulfonamides is 1. The molecule has 1 aliphatic rings. The molecule has 2 aromatic carbocycles. The van der Waals surface area contributed by atoms with E-state index in [2.05, 4.69) is 15.6 Å². The average molecular weight is 662 g/mol. The highest BCUT2D eigenvalue weighted by Gasteiger charge is 2.36. The number of rotatable bonds is 15. The molecular formula is C35H47N7O4S. The summed E-state index contributed by atoms with van der Waals surface area (Å²) in [6.45, 7) is 4.82. The fourth-order valence-electron chi connectivity index (χ4n) is 6.29. The van der Waals surface area contributed by atoms with Crippen molar-refractivity contribution in [2.24, 2.45) is 7.05 Å². The van der Waals surface area contributed by atoms with Gasteiger partial charge in [0.15, 0.2) is 6.04 Å². The van der Waals surface area contributed by atoms with Crippen LogP contribution in [-0.4, -0.2) is 63.2 Å². The molecule has 47 heavy (non-hydrogen) atoms. The Kier molecular flexibility index (Phi) is 11.5. The maximum atomic E-state index is 14.4. The Balaban J connectivity index is 1.55. The zero-order chi connectivity index (χ0) is 33.4. The fourth-order valence-corrected chi connectivity index (χ4v) is 7.81. The highest BCUT2D eigenvalue weighted by Crippen LogP contribution is 2.31. The Bertz CT molecular complexity index is 1730. The summed E-state index contributed by atoms with van der Waals surface area (Å²) in [5, 5.41) is 11.7. The molecule has 12 heteroatoms. The topological polar surface area (TPSA) is 122 Å². The molecule has 0 saturated heterocycles. The molecule has 2 amide bonds. The van der Waals surface area contributed by atoms with Crippen LogP contribution < -0.4 is 10.2 Å². The van der Waals surface area contributed by atoms with Crippen LogP contribution in [0.25, 0.3) is 11.0 Å². The molecule has 1 fully saturated rings. The number of anilines is 1. The standard InChI is InChI=1S/C35H47N7O4S/c1-4-6-24-40(25-7-5-2)47(45,46)29-21-19-28(20-22-29)42(33(43)26-41-31-17-12-11-16-30(31)37-38-41)34(32-18-13-23-39(32)3)35(44)36-27-14-9-8-10-15-27/h11-13,16-23,27,34H,4-10,14-15,24-26H2,1-3H3,(H,36,44)/t34-/m1/s1. The van der Waals surface area contributed by atoms with Crippen molar-refractivity contribution < 1.29 is 18.0 Å². The molecular weight excluding hydrogens is 614 g/mol. The van der Waals surface area contributed by atoms with Gasteiger partial charge >= 0.3 is 0 Å². The zero-order valence-electron chi connectivity index (χ0n) is 27.7. The molecule has 1 N–H and O–H groups in total. The number of unbranched alkanes of at least 4 members (excludes halogenated alkanes) is 2. The molecule has 1 aliphatic carbocycles. The number of para-hydroxylation sites is 1. The lowest BCUT2D eigenvalue weighted by Crippen LogP contribution is -2.48. The van der Waals surface area contributed by atoms with Crippen molar-refractivity contribution in [3.8, 4) is 0 Å². The average Bonchev–Trinajstić information content (AvgIpc) is 3.69. The lowest BCUT2D eigenvalue weighted by molar-refractivity contribution is -0.127. The zero-order valence-corrected chi connectivity index (χ0v) is 28.5. The minimum atomic E-state index is -3.76. The van der Waals surface area contributed by atoms with Crippen molar-refractivity contribution in [3.63, 3.8) is 0 Å². The van der Waals surface area contributed by atoms with Crippen LogP contribution in [0, 0.1) is 0 Å². The molecule has 5 rings (SSSR count). The highest BCUT2D eigenvalue weighted by atomic mass is 32.2. The summed E-state index contributed by atoms with van der Waals surface area (Å²) in [7, 11) is -1.91. The molecule has 0 radical (unpaired) electrons. The predicted molar refractivity (Wildman–Crippen MR) is 183 cm³/mol. The van der Waals surface area contributed by atoms with E-state index in [1.54, 1.807) is 28.6 Å². The second kappa shape index (κ2) is 15.7. The number of hydrogen-bond donors (Lipinski definition) is 1. The first kappa shape index (κ1) is 34.3. The SMILES string of the molecule is CCCCN(CCCC)S(=O)(=O)c1ccc(N(C(=O)Cn2nnc3ccccc32)[C@@H](C(=O)NC2CCCCC2)c2cccn2C)cc1. The third kappa shape index (κ3) is 7.93. The normalized spacial score (nSPS) is 14.8. The van der Waals surface area contributed by atoms with Crippen LogP contribution in [0.3, 0.4) is 0 Å². The molecule has 4 aromatic rings. The fraction of sp³-hybridized carbons (Fsp3) is 0.486. The van der Waals surface area contributed by atoms with E-state index in [0.717, 1.165) is 57.8 Å². The Morgan fingerprint density at radius 3 is 2.26 bits per heavy atom. The number of nitrogens with zero attached hydrogens (tertiary/aromatic N) is 6. The van der Waals surface area contributed by atoms with Crippen molar-refractivity contribution >= 4 is 38.6 Å². The van der Waals surface area contributed by atoms with Gasteiger partial charge in [0.05, 0.1) is 16.1 Å². The van der Waals surface area contributed by atoms with Crippen LogP contribution in [0.15, 0.2) is 71.8 Å². The third-order valence-corrected chi connectivity index (χ3v) is 10.9. The summed E-state index contributed by atoms with van der Waals surface area (Å²) in [4.78, 5) is 30.3. The minimum Gasteiger partial charge on any atom is -0.352 e. The van der Waals surface area contributed by atoms with Gasteiger partial charge in [0.25, 0.3) is 0 Å². The van der Waals surface area contributed by atoms with Gasteiger partial charge in [0.2, 0.25) is 21.8 Å². The summed E-state index contributed by atoms with van der Waals surface area (Å²) >= 11 is 0. The Morgan fingerprint density at radius 2 is 1.62 bits per heavy atom. The maximum absolute atomic E-state index is 14.4. The van der Waals surface area contributed by atoms with Crippen LogP contribution in [-0.2, 0) is 33.2 Å². The predicted octanol–water partition coefficient (Wildman–Crippen LogP) is 5.58. The van der Waals surface area contributed by atoms with E-state index < -0.39 is 16.1 Å². The number of amides is 2. The largest absolute Gasteiger partial charge is 0.352 e. The van der Waals surface area contributed by atoms with Crippen molar-refractivity contribution in [1.29, 1.82) is 0 Å². The molecule has 11 nitrogen and oxygen atoms in total. The summed E-state index contributed by atoms with van der Waals surface area (Å²) < 4.78 is 32.4. The second-order valence-corrected chi connectivity index (χ2v) is 14.3. The van der Waals surface area contributed by atoms with E-state index >= 15 is 0 Å². The van der Waals surface area contributed by atoms with Gasteiger partial charge in [-0.25, -0.2) is 13.1 Å². The van der Waals surface area contributed by atoms with Gasteiger partial charge in [-0.1, -0.05) is 63.3 Å². The molecule has 2 heterocycles. The number of aryl methyl sites for hydroxylation is 1. The van der Waals surface area contributed by atoms with Crippen LogP contribution in [0.5, 0.6) is 0 Å². The Labute approximate surface area is 278 Å². The minimum absolute atomic E-state index is 0.0278. The van der Waals surface area contributed by atoms with Crippen molar-refractivity contribution in [2.75, 3.05) is 18.0 Å². The van der Waals surface area contributed by atoms with Crippen LogP contribution in [0.4, 0.5) is 5.69 Å². The van der Waals surface area contributed by atoms with E-state index in [4.69, 9.17) is 0 Å². The quantitative estimate of drug-likeness (QED) is 0.177. The number of nitrogens with one attached hydrogen (secondary N) is 1. The molecule has 0 bridgehead atoms. The molecule has 0 aliphatic heterocycles. The van der Waals surface area contributed by atoms with Gasteiger partial charge in [0, 0.05) is 38.1 Å². The lowest BCUT2D eigenvalue weighted by Gasteiger charge is -2.33.